The van der Waals surface area contributed by atoms with E-state index in [9.17, 15) is 13.6 Å². The fraction of sp³-hybridized carbons (Fsp3) is 0.278. The van der Waals surface area contributed by atoms with Gasteiger partial charge >= 0.3 is 0 Å². The van der Waals surface area contributed by atoms with Crippen LogP contribution in [0.1, 0.15) is 19.8 Å². The highest BCUT2D eigenvalue weighted by atomic mass is 19.1. The van der Waals surface area contributed by atoms with Gasteiger partial charge in [0, 0.05) is 12.5 Å². The molecule has 0 fully saturated rings. The number of carbonyl (C=O) groups is 1. The van der Waals surface area contributed by atoms with Crippen LogP contribution in [-0.2, 0) is 4.79 Å². The van der Waals surface area contributed by atoms with Gasteiger partial charge in [0.15, 0.2) is 0 Å². The molecule has 2 aromatic carbocycles. The third kappa shape index (κ3) is 5.53. The number of halogens is 2. The van der Waals surface area contributed by atoms with E-state index < -0.39 is 17.5 Å². The van der Waals surface area contributed by atoms with Gasteiger partial charge in [-0.05, 0) is 49.7 Å². The second-order valence-corrected chi connectivity index (χ2v) is 5.03. The zero-order valence-electron chi connectivity index (χ0n) is 13.4. The van der Waals surface area contributed by atoms with Crippen molar-refractivity contribution in [2.45, 2.75) is 19.8 Å². The Morgan fingerprint density at radius 2 is 1.71 bits per heavy atom. The van der Waals surface area contributed by atoms with Crippen LogP contribution in [0, 0.1) is 11.6 Å². The quantitative estimate of drug-likeness (QED) is 0.737. The number of ether oxygens (including phenoxy) is 2. The van der Waals surface area contributed by atoms with Gasteiger partial charge in [0.25, 0.3) is 0 Å². The van der Waals surface area contributed by atoms with Crippen LogP contribution in [0.2, 0.25) is 0 Å². The molecule has 0 atom stereocenters. The Kier molecular flexibility index (Phi) is 6.54. The molecule has 0 spiro atoms. The summed E-state index contributed by atoms with van der Waals surface area (Å²) in [4.78, 5) is 11.7. The summed E-state index contributed by atoms with van der Waals surface area (Å²) in [5.41, 5.74) is -0.160. The monoisotopic (exact) mass is 335 g/mol. The van der Waals surface area contributed by atoms with E-state index in [0.29, 0.717) is 25.4 Å². The predicted molar refractivity (Wildman–Crippen MR) is 87.3 cm³/mol. The molecule has 0 aromatic heterocycles. The third-order valence-electron chi connectivity index (χ3n) is 3.15. The fourth-order valence-corrected chi connectivity index (χ4v) is 2.03. The first kappa shape index (κ1) is 17.7. The van der Waals surface area contributed by atoms with Crippen LogP contribution < -0.4 is 14.8 Å². The van der Waals surface area contributed by atoms with E-state index in [1.54, 1.807) is 24.3 Å². The van der Waals surface area contributed by atoms with E-state index in [-0.39, 0.29) is 12.1 Å². The zero-order chi connectivity index (χ0) is 17.4. The molecule has 24 heavy (non-hydrogen) atoms. The van der Waals surface area contributed by atoms with Crippen molar-refractivity contribution in [3.8, 4) is 11.5 Å². The maximum Gasteiger partial charge on any atom is 0.224 e. The smallest absolute Gasteiger partial charge is 0.224 e. The van der Waals surface area contributed by atoms with Gasteiger partial charge < -0.3 is 14.8 Å². The molecule has 2 aromatic rings. The van der Waals surface area contributed by atoms with Crippen LogP contribution in [0.3, 0.4) is 0 Å². The molecule has 0 saturated carbocycles. The van der Waals surface area contributed by atoms with Crippen molar-refractivity contribution >= 4 is 11.6 Å². The molecule has 6 heteroatoms. The van der Waals surface area contributed by atoms with Crippen LogP contribution in [0.25, 0.3) is 0 Å². The van der Waals surface area contributed by atoms with Gasteiger partial charge in [-0.25, -0.2) is 8.78 Å². The SMILES string of the molecule is CCOc1ccc(OCCCC(=O)Nc2cc(F)ccc2F)cc1. The molecule has 128 valence electrons. The standard InChI is InChI=1S/C18H19F2NO3/c1-2-23-14-6-8-15(9-7-14)24-11-3-4-18(22)21-17-12-13(19)5-10-16(17)20/h5-10,12H,2-4,11H2,1H3,(H,21,22). The number of carbonyl (C=O) groups excluding carboxylic acids is 1. The van der Waals surface area contributed by atoms with E-state index in [2.05, 4.69) is 5.32 Å². The van der Waals surface area contributed by atoms with Gasteiger partial charge in [0.2, 0.25) is 5.91 Å². The first-order valence-corrected chi connectivity index (χ1v) is 7.69. The Labute approximate surface area is 139 Å². The molecular formula is C18H19F2NO3. The molecule has 4 nitrogen and oxygen atoms in total. The summed E-state index contributed by atoms with van der Waals surface area (Å²) in [6.45, 7) is 2.85. The van der Waals surface area contributed by atoms with Crippen molar-refractivity contribution in [2.24, 2.45) is 0 Å². The second kappa shape index (κ2) is 8.86. The number of anilines is 1. The van der Waals surface area contributed by atoms with Crippen LogP contribution in [0.5, 0.6) is 11.5 Å². The Bertz CT molecular complexity index is 674. The van der Waals surface area contributed by atoms with Gasteiger partial charge in [-0.3, -0.25) is 4.79 Å². The van der Waals surface area contributed by atoms with Gasteiger partial charge in [-0.15, -0.1) is 0 Å². The number of rotatable bonds is 8. The maximum absolute atomic E-state index is 13.4. The molecule has 0 radical (unpaired) electrons. The molecule has 0 aliphatic rings. The van der Waals surface area contributed by atoms with E-state index in [0.717, 1.165) is 23.9 Å². The van der Waals surface area contributed by atoms with Gasteiger partial charge in [-0.1, -0.05) is 0 Å². The third-order valence-corrected chi connectivity index (χ3v) is 3.15. The lowest BCUT2D eigenvalue weighted by atomic mass is 10.2. The second-order valence-electron chi connectivity index (χ2n) is 5.03. The number of nitrogens with one attached hydrogen (secondary N) is 1. The zero-order valence-corrected chi connectivity index (χ0v) is 13.4. The molecule has 2 rings (SSSR count). The minimum atomic E-state index is -0.671. The van der Waals surface area contributed by atoms with Crippen molar-refractivity contribution in [2.75, 3.05) is 18.5 Å². The number of benzene rings is 2. The molecule has 0 heterocycles. The molecule has 1 amide bonds. The van der Waals surface area contributed by atoms with E-state index in [1.165, 1.54) is 0 Å². The topological polar surface area (TPSA) is 47.6 Å². The lowest BCUT2D eigenvalue weighted by molar-refractivity contribution is -0.116. The van der Waals surface area contributed by atoms with Crippen molar-refractivity contribution in [3.63, 3.8) is 0 Å². The van der Waals surface area contributed by atoms with Crippen molar-refractivity contribution in [1.82, 2.24) is 0 Å². The predicted octanol–water partition coefficient (Wildman–Crippen LogP) is 4.16. The molecule has 0 saturated heterocycles. The van der Waals surface area contributed by atoms with Crippen LogP contribution in [0.15, 0.2) is 42.5 Å². The summed E-state index contributed by atoms with van der Waals surface area (Å²) < 4.78 is 37.3. The number of amides is 1. The molecule has 0 aliphatic carbocycles. The van der Waals surface area contributed by atoms with Crippen LogP contribution >= 0.6 is 0 Å². The van der Waals surface area contributed by atoms with Crippen molar-refractivity contribution < 1.29 is 23.0 Å². The largest absolute Gasteiger partial charge is 0.494 e. The lowest BCUT2D eigenvalue weighted by Gasteiger charge is -2.08. The summed E-state index contributed by atoms with van der Waals surface area (Å²) in [6, 6.07) is 10.1. The average molecular weight is 335 g/mol. The Morgan fingerprint density at radius 1 is 1.04 bits per heavy atom. The van der Waals surface area contributed by atoms with Crippen molar-refractivity contribution in [1.29, 1.82) is 0 Å². The highest BCUT2D eigenvalue weighted by molar-refractivity contribution is 5.90. The van der Waals surface area contributed by atoms with E-state index in [1.807, 2.05) is 6.92 Å². The van der Waals surface area contributed by atoms with Crippen LogP contribution in [-0.4, -0.2) is 19.1 Å². The molecular weight excluding hydrogens is 316 g/mol. The highest BCUT2D eigenvalue weighted by Crippen LogP contribution is 2.18. The van der Waals surface area contributed by atoms with Gasteiger partial charge in [0.05, 0.1) is 18.9 Å². The van der Waals surface area contributed by atoms with E-state index in [4.69, 9.17) is 9.47 Å². The Balaban J connectivity index is 1.71. The highest BCUT2D eigenvalue weighted by Gasteiger charge is 2.08. The summed E-state index contributed by atoms with van der Waals surface area (Å²) in [7, 11) is 0. The van der Waals surface area contributed by atoms with Gasteiger partial charge in [-0.2, -0.15) is 0 Å². The van der Waals surface area contributed by atoms with E-state index >= 15 is 0 Å². The van der Waals surface area contributed by atoms with Crippen LogP contribution in [0.4, 0.5) is 14.5 Å². The summed E-state index contributed by atoms with van der Waals surface area (Å²) in [5.74, 6) is -0.230. The average Bonchev–Trinajstić information content (AvgIpc) is 2.57. The fourth-order valence-electron chi connectivity index (χ4n) is 2.03. The summed E-state index contributed by atoms with van der Waals surface area (Å²) in [5, 5.41) is 2.35. The lowest BCUT2D eigenvalue weighted by Crippen LogP contribution is -2.14. The van der Waals surface area contributed by atoms with Crippen molar-refractivity contribution in [3.05, 3.63) is 54.1 Å². The molecule has 0 bridgehead atoms. The summed E-state index contributed by atoms with van der Waals surface area (Å²) >= 11 is 0. The summed E-state index contributed by atoms with van der Waals surface area (Å²) in [6.07, 6.45) is 0.600. The molecule has 1 N–H and O–H groups in total. The Hall–Kier alpha value is -2.63. The minimum Gasteiger partial charge on any atom is -0.494 e. The number of hydrogen-bond donors (Lipinski definition) is 1. The Morgan fingerprint density at radius 3 is 2.38 bits per heavy atom. The molecule has 0 unspecified atom stereocenters. The van der Waals surface area contributed by atoms with Gasteiger partial charge in [0.1, 0.15) is 23.1 Å². The minimum absolute atomic E-state index is 0.146. The first-order chi connectivity index (χ1) is 11.6. The maximum atomic E-state index is 13.4. The normalized spacial score (nSPS) is 10.3. The molecule has 0 aliphatic heterocycles. The first-order valence-electron chi connectivity index (χ1n) is 7.69. The number of hydrogen-bond acceptors (Lipinski definition) is 3.